The first-order valence-electron chi connectivity index (χ1n) is 14.1. The molecular formula is C37H21N7O. The number of nitriles is 3. The zero-order chi connectivity index (χ0) is 31.5. The Labute approximate surface area is 259 Å². The fraction of sp³-hybridized carbons (Fsp3) is 0.162. The van der Waals surface area contributed by atoms with Crippen molar-refractivity contribution in [2.24, 2.45) is 17.8 Å². The van der Waals surface area contributed by atoms with Crippen molar-refractivity contribution in [3.05, 3.63) is 147 Å². The summed E-state index contributed by atoms with van der Waals surface area (Å²) in [6.45, 7) is 22.6. The molecule has 2 heterocycles. The van der Waals surface area contributed by atoms with Gasteiger partial charge in [-0.25, -0.2) is 35.3 Å². The molecule has 210 valence electrons. The predicted octanol–water partition coefficient (Wildman–Crippen LogP) is 8.66. The summed E-state index contributed by atoms with van der Waals surface area (Å²) < 4.78 is 6.03. The Hall–Kier alpha value is -6.71. The molecule has 4 aromatic rings. The van der Waals surface area contributed by atoms with Gasteiger partial charge in [-0.2, -0.15) is 0 Å². The molecule has 0 aliphatic heterocycles. The van der Waals surface area contributed by atoms with E-state index in [-0.39, 0.29) is 40.8 Å². The fourth-order valence-electron chi connectivity index (χ4n) is 6.92. The highest BCUT2D eigenvalue weighted by atomic mass is 16.3. The van der Waals surface area contributed by atoms with Crippen molar-refractivity contribution in [2.75, 3.05) is 0 Å². The van der Waals surface area contributed by atoms with Gasteiger partial charge < -0.3 is 4.42 Å². The minimum absolute atomic E-state index is 0.0253. The maximum absolute atomic E-state index is 9.71. The third-order valence-corrected chi connectivity index (χ3v) is 8.73. The van der Waals surface area contributed by atoms with E-state index in [1.165, 1.54) is 0 Å². The van der Waals surface area contributed by atoms with Crippen molar-refractivity contribution in [1.29, 1.82) is 15.8 Å². The molecule has 0 radical (unpaired) electrons. The second-order valence-electron chi connectivity index (χ2n) is 10.9. The van der Waals surface area contributed by atoms with E-state index >= 15 is 0 Å². The van der Waals surface area contributed by atoms with Gasteiger partial charge >= 0.3 is 0 Å². The zero-order valence-electron chi connectivity index (χ0n) is 23.8. The Morgan fingerprint density at radius 2 is 1.44 bits per heavy atom. The number of pyridine rings is 1. The van der Waals surface area contributed by atoms with Crippen LogP contribution in [0.15, 0.2) is 112 Å². The summed E-state index contributed by atoms with van der Waals surface area (Å²) in [6, 6.07) is 23.9. The molecule has 0 N–H and O–H groups in total. The standard InChI is InChI=1S/C37H21N7O/c1-41-25(19-38)16-32-28-11-12-30(33(32)17-26(20-39)42-2)36(34(28)18-27(21-40)43-3)24-7-4-6-22(14-24)23-9-10-29-31-8-5-13-44-37(31)45-35(29)15-23/h4-10,13-18,28,30,34,36H,11-12H2/b25-16-,26-17-,27-18+. The molecule has 8 nitrogen and oxygen atoms in total. The van der Waals surface area contributed by atoms with Crippen LogP contribution in [0.2, 0.25) is 0 Å². The number of furan rings is 1. The number of allylic oxidation sites excluding steroid dienone is 8. The molecule has 0 saturated heterocycles. The molecule has 0 spiro atoms. The molecule has 1 saturated carbocycles. The summed E-state index contributed by atoms with van der Waals surface area (Å²) >= 11 is 0. The third-order valence-electron chi connectivity index (χ3n) is 8.73. The smallest absolute Gasteiger partial charge is 0.262 e. The van der Waals surface area contributed by atoms with Crippen LogP contribution < -0.4 is 0 Å². The van der Waals surface area contributed by atoms with Crippen LogP contribution in [0.4, 0.5) is 0 Å². The lowest BCUT2D eigenvalue weighted by Gasteiger charge is -2.50. The lowest BCUT2D eigenvalue weighted by molar-refractivity contribution is 0.201. The van der Waals surface area contributed by atoms with E-state index in [0.717, 1.165) is 45.0 Å². The summed E-state index contributed by atoms with van der Waals surface area (Å²) in [6.07, 6.45) is 7.98. The molecular weight excluding hydrogens is 558 g/mol. The van der Waals surface area contributed by atoms with Crippen LogP contribution in [0.1, 0.15) is 24.3 Å². The molecule has 4 atom stereocenters. The molecule has 8 heteroatoms. The summed E-state index contributed by atoms with van der Waals surface area (Å²) in [7, 11) is 0. The second-order valence-corrected chi connectivity index (χ2v) is 10.9. The van der Waals surface area contributed by atoms with E-state index in [9.17, 15) is 15.8 Å². The summed E-state index contributed by atoms with van der Waals surface area (Å²) in [4.78, 5) is 14.5. The van der Waals surface area contributed by atoms with Crippen molar-refractivity contribution in [2.45, 2.75) is 18.8 Å². The Morgan fingerprint density at radius 3 is 2.13 bits per heavy atom. The van der Waals surface area contributed by atoms with Gasteiger partial charge in [-0.15, -0.1) is 0 Å². The average molecular weight is 580 g/mol. The van der Waals surface area contributed by atoms with Crippen LogP contribution in [0.5, 0.6) is 0 Å². The average Bonchev–Trinajstić information content (AvgIpc) is 3.47. The number of hydrogen-bond donors (Lipinski definition) is 0. The minimum atomic E-state index is -0.292. The number of hydrogen-bond acceptors (Lipinski definition) is 5. The highest BCUT2D eigenvalue weighted by Crippen LogP contribution is 2.58. The Balaban J connectivity index is 1.53. The topological polar surface area (TPSA) is 110 Å². The first-order valence-corrected chi connectivity index (χ1v) is 14.1. The Morgan fingerprint density at radius 1 is 0.778 bits per heavy atom. The molecule has 45 heavy (non-hydrogen) atoms. The van der Waals surface area contributed by atoms with Gasteiger partial charge in [-0.3, -0.25) is 0 Å². The predicted molar refractivity (Wildman–Crippen MR) is 167 cm³/mol. The summed E-state index contributed by atoms with van der Waals surface area (Å²) in [5.74, 6) is -0.918. The molecule has 3 aliphatic rings. The number of nitrogens with zero attached hydrogens (tertiary/aromatic N) is 7. The first-order chi connectivity index (χ1) is 22.0. The van der Waals surface area contributed by atoms with Crippen LogP contribution >= 0.6 is 0 Å². The number of rotatable bonds is 5. The van der Waals surface area contributed by atoms with Crippen molar-refractivity contribution in [1.82, 2.24) is 4.98 Å². The van der Waals surface area contributed by atoms with E-state index in [1.54, 1.807) is 24.4 Å². The van der Waals surface area contributed by atoms with Gasteiger partial charge in [0.15, 0.2) is 0 Å². The van der Waals surface area contributed by atoms with E-state index in [0.29, 0.717) is 17.7 Å². The summed E-state index contributed by atoms with van der Waals surface area (Å²) in [5.41, 5.74) is 5.42. The van der Waals surface area contributed by atoms with Gasteiger partial charge in [0, 0.05) is 17.0 Å². The SMILES string of the molecule is [C-]#[N+]/C(C#N)=C\C1=C(/C=C(/C#N)[N+]#[C-])C2CCC1C(/C=C(\C#N)[N+]#[C-])C2c1cccc(-c2ccc3c(c2)oc2ncccc23)c1. The van der Waals surface area contributed by atoms with Gasteiger partial charge in [0.25, 0.3) is 17.1 Å². The monoisotopic (exact) mass is 579 g/mol. The van der Waals surface area contributed by atoms with Gasteiger partial charge in [-0.1, -0.05) is 47.6 Å². The molecule has 1 fully saturated rings. The van der Waals surface area contributed by atoms with Crippen molar-refractivity contribution in [3.63, 3.8) is 0 Å². The molecule has 4 unspecified atom stereocenters. The lowest BCUT2D eigenvalue weighted by atomic mass is 9.54. The Kier molecular flexibility index (Phi) is 7.50. The largest absolute Gasteiger partial charge is 0.438 e. The van der Waals surface area contributed by atoms with Gasteiger partial charge in [-0.05, 0) is 89.6 Å². The molecule has 2 aromatic heterocycles. The second kappa shape index (κ2) is 11.9. The molecule has 3 aliphatic carbocycles. The number of benzene rings is 2. The molecule has 2 bridgehead atoms. The van der Waals surface area contributed by atoms with Gasteiger partial charge in [0.1, 0.15) is 5.58 Å². The third kappa shape index (κ3) is 5.01. The summed E-state index contributed by atoms with van der Waals surface area (Å²) in [5, 5.41) is 30.8. The highest BCUT2D eigenvalue weighted by molar-refractivity contribution is 6.04. The van der Waals surface area contributed by atoms with Crippen LogP contribution in [0, 0.1) is 71.5 Å². The normalized spacial score (nSPS) is 21.3. The van der Waals surface area contributed by atoms with Crippen LogP contribution in [0.3, 0.4) is 0 Å². The number of aromatic nitrogens is 1. The van der Waals surface area contributed by atoms with E-state index < -0.39 is 0 Å². The first kappa shape index (κ1) is 28.4. The number of fused-ring (bicyclic) bond motifs is 5. The molecule has 7 rings (SSSR count). The zero-order valence-corrected chi connectivity index (χ0v) is 23.8. The van der Waals surface area contributed by atoms with Crippen molar-refractivity contribution >= 4 is 22.1 Å². The minimum Gasteiger partial charge on any atom is -0.438 e. The highest BCUT2D eigenvalue weighted by Gasteiger charge is 2.47. The quantitative estimate of drug-likeness (QED) is 0.173. The van der Waals surface area contributed by atoms with Crippen molar-refractivity contribution in [3.8, 4) is 29.3 Å². The van der Waals surface area contributed by atoms with Crippen LogP contribution in [0.25, 0.3) is 47.7 Å². The fourth-order valence-corrected chi connectivity index (χ4v) is 6.92. The lowest BCUT2D eigenvalue weighted by Crippen LogP contribution is -2.39. The maximum atomic E-state index is 9.71. The van der Waals surface area contributed by atoms with Crippen molar-refractivity contribution < 1.29 is 4.42 Å². The van der Waals surface area contributed by atoms with E-state index in [2.05, 4.69) is 25.6 Å². The molecule has 2 aromatic carbocycles. The maximum Gasteiger partial charge on any atom is 0.262 e. The van der Waals surface area contributed by atoms with Crippen LogP contribution in [-0.2, 0) is 0 Å². The van der Waals surface area contributed by atoms with E-state index in [4.69, 9.17) is 24.1 Å². The van der Waals surface area contributed by atoms with Crippen LogP contribution in [-0.4, -0.2) is 4.98 Å². The Bertz CT molecular complexity index is 2230. The van der Waals surface area contributed by atoms with Gasteiger partial charge in [0.2, 0.25) is 5.71 Å². The molecule has 0 amide bonds. The van der Waals surface area contributed by atoms with Gasteiger partial charge in [0.05, 0.1) is 37.9 Å². The van der Waals surface area contributed by atoms with E-state index in [1.807, 2.05) is 66.7 Å².